The molecule has 27 heavy (non-hydrogen) atoms. The number of rotatable bonds is 7. The molecule has 0 radical (unpaired) electrons. The summed E-state index contributed by atoms with van der Waals surface area (Å²) in [5, 5.41) is 12.0. The third kappa shape index (κ3) is 5.12. The first-order valence-corrected chi connectivity index (χ1v) is 10.0. The summed E-state index contributed by atoms with van der Waals surface area (Å²) < 4.78 is 11.2. The number of anilines is 1. The fourth-order valence-electron chi connectivity index (χ4n) is 2.24. The van der Waals surface area contributed by atoms with Crippen LogP contribution < -0.4 is 14.8 Å². The molecule has 0 saturated carbocycles. The maximum atomic E-state index is 12.5. The predicted octanol–water partition coefficient (Wildman–Crippen LogP) is 4.75. The smallest absolute Gasteiger partial charge is 0.261 e. The number of amides is 1. The van der Waals surface area contributed by atoms with E-state index in [4.69, 9.17) is 21.1 Å². The minimum Gasteiger partial charge on any atom is -0.497 e. The van der Waals surface area contributed by atoms with E-state index in [-0.39, 0.29) is 5.91 Å². The van der Waals surface area contributed by atoms with Gasteiger partial charge in [-0.3, -0.25) is 10.1 Å². The molecule has 0 fully saturated rings. The second kappa shape index (κ2) is 9.07. The van der Waals surface area contributed by atoms with Gasteiger partial charge < -0.3 is 9.47 Å². The predicted molar refractivity (Wildman–Crippen MR) is 108 cm³/mol. The highest BCUT2D eigenvalue weighted by molar-refractivity contribution is 8.00. The number of methoxy groups -OCH3 is 2. The molecule has 1 N–H and O–H groups in total. The van der Waals surface area contributed by atoms with Crippen molar-refractivity contribution in [3.05, 3.63) is 58.6 Å². The lowest BCUT2D eigenvalue weighted by molar-refractivity contribution is 0.102. The normalized spacial score (nSPS) is 10.5. The number of ether oxygens (including phenoxy) is 2. The molecule has 0 spiro atoms. The largest absolute Gasteiger partial charge is 0.497 e. The molecule has 1 heterocycles. The van der Waals surface area contributed by atoms with Crippen molar-refractivity contribution in [1.82, 2.24) is 10.2 Å². The number of carbonyl (C=O) groups excluding carboxylic acids is 1. The Morgan fingerprint density at radius 1 is 1.19 bits per heavy atom. The van der Waals surface area contributed by atoms with Crippen molar-refractivity contribution >= 4 is 45.7 Å². The molecule has 1 amide bonds. The van der Waals surface area contributed by atoms with Gasteiger partial charge in [-0.05, 0) is 29.8 Å². The van der Waals surface area contributed by atoms with Gasteiger partial charge in [-0.25, -0.2) is 0 Å². The molecule has 0 unspecified atom stereocenters. The molecule has 3 rings (SSSR count). The van der Waals surface area contributed by atoms with E-state index in [2.05, 4.69) is 15.5 Å². The third-order valence-electron chi connectivity index (χ3n) is 3.53. The van der Waals surface area contributed by atoms with Gasteiger partial charge in [0.25, 0.3) is 5.91 Å². The van der Waals surface area contributed by atoms with E-state index in [1.165, 1.54) is 30.2 Å². The number of aromatic nitrogens is 2. The Morgan fingerprint density at radius 3 is 2.78 bits per heavy atom. The lowest BCUT2D eigenvalue weighted by Gasteiger charge is -2.09. The molecule has 0 aliphatic heterocycles. The Balaban J connectivity index is 1.64. The van der Waals surface area contributed by atoms with Gasteiger partial charge in [-0.2, -0.15) is 0 Å². The zero-order valence-electron chi connectivity index (χ0n) is 14.6. The van der Waals surface area contributed by atoms with Gasteiger partial charge >= 0.3 is 0 Å². The van der Waals surface area contributed by atoms with Crippen LogP contribution in [-0.4, -0.2) is 30.3 Å². The average molecular weight is 422 g/mol. The molecule has 0 atom stereocenters. The van der Waals surface area contributed by atoms with E-state index in [9.17, 15) is 4.79 Å². The van der Waals surface area contributed by atoms with Gasteiger partial charge in [0.2, 0.25) is 5.13 Å². The highest BCUT2D eigenvalue weighted by Gasteiger charge is 2.16. The first-order chi connectivity index (χ1) is 13.1. The van der Waals surface area contributed by atoms with E-state index in [1.54, 1.807) is 25.3 Å². The molecule has 6 nitrogen and oxygen atoms in total. The fraction of sp³-hybridized carbons (Fsp3) is 0.167. The van der Waals surface area contributed by atoms with E-state index in [1.807, 2.05) is 24.3 Å². The molecule has 0 aliphatic carbocycles. The molecule has 2 aromatic carbocycles. The standard InChI is InChI=1S/C18H16ClN3O3S2/c1-24-13-6-7-14(15(9-13)25-2)16(23)20-17-21-22-18(27-17)26-10-11-4-3-5-12(19)8-11/h3-9H,10H2,1-2H3,(H,20,21,23). The average Bonchev–Trinajstić information content (AvgIpc) is 3.13. The molecule has 140 valence electrons. The van der Waals surface area contributed by atoms with Crippen LogP contribution in [0.3, 0.4) is 0 Å². The number of hydrogen-bond acceptors (Lipinski definition) is 7. The van der Waals surface area contributed by atoms with E-state index in [0.717, 1.165) is 15.7 Å². The summed E-state index contributed by atoms with van der Waals surface area (Å²) in [4.78, 5) is 12.5. The summed E-state index contributed by atoms with van der Waals surface area (Å²) in [7, 11) is 3.05. The van der Waals surface area contributed by atoms with Crippen molar-refractivity contribution in [1.29, 1.82) is 0 Å². The van der Waals surface area contributed by atoms with Crippen LogP contribution in [0.4, 0.5) is 5.13 Å². The lowest BCUT2D eigenvalue weighted by atomic mass is 10.2. The zero-order chi connectivity index (χ0) is 19.2. The SMILES string of the molecule is COc1ccc(C(=O)Nc2nnc(SCc3cccc(Cl)c3)s2)c(OC)c1. The first kappa shape index (κ1) is 19.5. The van der Waals surface area contributed by atoms with Crippen LogP contribution in [0, 0.1) is 0 Å². The Morgan fingerprint density at radius 2 is 2.04 bits per heavy atom. The number of benzene rings is 2. The van der Waals surface area contributed by atoms with Crippen molar-refractivity contribution in [3.8, 4) is 11.5 Å². The molecule has 3 aromatic rings. The Bertz CT molecular complexity index is 949. The lowest BCUT2D eigenvalue weighted by Crippen LogP contribution is -2.13. The summed E-state index contributed by atoms with van der Waals surface area (Å²) in [6.07, 6.45) is 0. The van der Waals surface area contributed by atoms with Gasteiger partial charge in [0.1, 0.15) is 11.5 Å². The van der Waals surface area contributed by atoms with Crippen molar-refractivity contribution in [2.45, 2.75) is 10.1 Å². The minimum absolute atomic E-state index is 0.322. The molecule has 0 bridgehead atoms. The van der Waals surface area contributed by atoms with Crippen LogP contribution in [0.2, 0.25) is 5.02 Å². The summed E-state index contributed by atoms with van der Waals surface area (Å²) in [5.74, 6) is 1.43. The summed E-state index contributed by atoms with van der Waals surface area (Å²) in [6.45, 7) is 0. The van der Waals surface area contributed by atoms with E-state index < -0.39 is 0 Å². The monoisotopic (exact) mass is 421 g/mol. The number of thioether (sulfide) groups is 1. The zero-order valence-corrected chi connectivity index (χ0v) is 17.0. The minimum atomic E-state index is -0.322. The Kier molecular flexibility index (Phi) is 6.54. The number of halogens is 1. The van der Waals surface area contributed by atoms with Gasteiger partial charge in [0, 0.05) is 16.8 Å². The van der Waals surface area contributed by atoms with E-state index in [0.29, 0.717) is 27.2 Å². The maximum Gasteiger partial charge on any atom is 0.261 e. The van der Waals surface area contributed by atoms with Crippen molar-refractivity contribution < 1.29 is 14.3 Å². The highest BCUT2D eigenvalue weighted by Crippen LogP contribution is 2.30. The summed E-state index contributed by atoms with van der Waals surface area (Å²) in [6, 6.07) is 12.6. The maximum absolute atomic E-state index is 12.5. The van der Waals surface area contributed by atoms with Crippen molar-refractivity contribution in [2.75, 3.05) is 19.5 Å². The second-order valence-corrected chi connectivity index (χ2v) is 7.95. The Hall–Kier alpha value is -2.29. The van der Waals surface area contributed by atoms with Gasteiger partial charge in [-0.15, -0.1) is 10.2 Å². The summed E-state index contributed by atoms with van der Waals surface area (Å²) >= 11 is 8.83. The molecule has 0 saturated heterocycles. The van der Waals surface area contributed by atoms with Crippen LogP contribution in [0.5, 0.6) is 11.5 Å². The molecule has 1 aromatic heterocycles. The highest BCUT2D eigenvalue weighted by atomic mass is 35.5. The van der Waals surface area contributed by atoms with Crippen LogP contribution >= 0.6 is 34.7 Å². The molecular formula is C18H16ClN3O3S2. The van der Waals surface area contributed by atoms with Crippen molar-refractivity contribution in [2.24, 2.45) is 0 Å². The van der Waals surface area contributed by atoms with Gasteiger partial charge in [0.05, 0.1) is 19.8 Å². The molecule has 9 heteroatoms. The Labute approximate surface area is 169 Å². The van der Waals surface area contributed by atoms with Crippen LogP contribution in [-0.2, 0) is 5.75 Å². The first-order valence-electron chi connectivity index (χ1n) is 7.83. The fourth-order valence-corrected chi connectivity index (χ4v) is 4.14. The summed E-state index contributed by atoms with van der Waals surface area (Å²) in [5.41, 5.74) is 1.48. The van der Waals surface area contributed by atoms with Crippen LogP contribution in [0.1, 0.15) is 15.9 Å². The number of carbonyl (C=O) groups is 1. The van der Waals surface area contributed by atoms with Gasteiger partial charge in [-0.1, -0.05) is 46.8 Å². The van der Waals surface area contributed by atoms with Gasteiger partial charge in [0.15, 0.2) is 4.34 Å². The topological polar surface area (TPSA) is 73.3 Å². The number of nitrogens with one attached hydrogen (secondary N) is 1. The molecular weight excluding hydrogens is 406 g/mol. The third-order valence-corrected chi connectivity index (χ3v) is 5.81. The van der Waals surface area contributed by atoms with Crippen LogP contribution in [0.15, 0.2) is 46.8 Å². The quantitative estimate of drug-likeness (QED) is 0.438. The van der Waals surface area contributed by atoms with Crippen molar-refractivity contribution in [3.63, 3.8) is 0 Å². The number of hydrogen-bond donors (Lipinski definition) is 1. The number of nitrogens with zero attached hydrogens (tertiary/aromatic N) is 2. The second-order valence-electron chi connectivity index (χ2n) is 5.31. The van der Waals surface area contributed by atoms with Crippen LogP contribution in [0.25, 0.3) is 0 Å². The van der Waals surface area contributed by atoms with E-state index >= 15 is 0 Å². The molecule has 0 aliphatic rings.